The maximum Gasteiger partial charge on any atom is 0.0931 e. The molecule has 0 saturated carbocycles. The summed E-state index contributed by atoms with van der Waals surface area (Å²) in [5.74, 6) is 0.917. The van der Waals surface area contributed by atoms with Crippen LogP contribution in [-0.4, -0.2) is 19.6 Å². The van der Waals surface area contributed by atoms with Crippen molar-refractivity contribution in [3.63, 3.8) is 0 Å². The third-order valence-corrected chi connectivity index (χ3v) is 4.35. The Hall–Kier alpha value is -0.0900. The predicted molar refractivity (Wildman–Crippen MR) is 71.2 cm³/mol. The zero-order valence-corrected chi connectivity index (χ0v) is 11.0. The molecule has 0 spiro atoms. The fourth-order valence-corrected chi connectivity index (χ4v) is 3.19. The molecule has 0 amide bonds. The van der Waals surface area contributed by atoms with Crippen LogP contribution in [0.25, 0.3) is 0 Å². The molecular formula is C12H19ClN2S. The fraction of sp³-hybridized carbons (Fsp3) is 0.667. The van der Waals surface area contributed by atoms with E-state index in [1.807, 2.05) is 6.07 Å². The van der Waals surface area contributed by atoms with Gasteiger partial charge in [0.25, 0.3) is 0 Å². The monoisotopic (exact) mass is 258 g/mol. The average molecular weight is 259 g/mol. The molecule has 1 aliphatic rings. The van der Waals surface area contributed by atoms with Gasteiger partial charge in [-0.25, -0.2) is 0 Å². The number of halogens is 1. The lowest BCUT2D eigenvalue weighted by atomic mass is 9.95. The molecule has 0 unspecified atom stereocenters. The molecule has 4 heteroatoms. The number of hydrogen-bond acceptors (Lipinski definition) is 3. The summed E-state index contributed by atoms with van der Waals surface area (Å²) >= 11 is 7.55. The number of thiophene rings is 1. The van der Waals surface area contributed by atoms with Gasteiger partial charge in [0.05, 0.1) is 4.34 Å². The van der Waals surface area contributed by atoms with E-state index in [0.717, 1.165) is 23.3 Å². The van der Waals surface area contributed by atoms with Crippen molar-refractivity contribution < 1.29 is 0 Å². The topological polar surface area (TPSA) is 24.1 Å². The molecule has 0 atom stereocenters. The Morgan fingerprint density at radius 3 is 2.88 bits per heavy atom. The summed E-state index contributed by atoms with van der Waals surface area (Å²) in [5, 5.41) is 6.89. The third-order valence-electron chi connectivity index (χ3n) is 3.12. The fourth-order valence-electron chi connectivity index (χ4n) is 2.13. The molecule has 0 bridgehead atoms. The van der Waals surface area contributed by atoms with Gasteiger partial charge >= 0.3 is 0 Å². The molecule has 16 heavy (non-hydrogen) atoms. The molecule has 2 heterocycles. The van der Waals surface area contributed by atoms with Crippen molar-refractivity contribution in [2.75, 3.05) is 19.6 Å². The summed E-state index contributed by atoms with van der Waals surface area (Å²) in [7, 11) is 0. The quantitative estimate of drug-likeness (QED) is 0.794. The maximum absolute atomic E-state index is 5.88. The van der Waals surface area contributed by atoms with Gasteiger partial charge in [0.2, 0.25) is 0 Å². The average Bonchev–Trinajstić information content (AvgIpc) is 2.72. The maximum atomic E-state index is 5.88. The van der Waals surface area contributed by atoms with Crippen LogP contribution in [-0.2, 0) is 6.54 Å². The SMILES string of the molecule is Clc1ccc(CNCCC2CCNCC2)s1. The van der Waals surface area contributed by atoms with E-state index in [9.17, 15) is 0 Å². The number of rotatable bonds is 5. The van der Waals surface area contributed by atoms with Crippen LogP contribution in [0.5, 0.6) is 0 Å². The third kappa shape index (κ3) is 4.06. The summed E-state index contributed by atoms with van der Waals surface area (Å²) in [6.07, 6.45) is 3.99. The highest BCUT2D eigenvalue weighted by molar-refractivity contribution is 7.16. The van der Waals surface area contributed by atoms with Gasteiger partial charge in [0, 0.05) is 11.4 Å². The summed E-state index contributed by atoms with van der Waals surface area (Å²) in [4.78, 5) is 1.33. The highest BCUT2D eigenvalue weighted by Gasteiger charge is 2.11. The van der Waals surface area contributed by atoms with Crippen molar-refractivity contribution in [1.29, 1.82) is 0 Å². The van der Waals surface area contributed by atoms with Crippen molar-refractivity contribution in [2.45, 2.75) is 25.8 Å². The zero-order valence-electron chi connectivity index (χ0n) is 9.47. The van der Waals surface area contributed by atoms with Crippen LogP contribution >= 0.6 is 22.9 Å². The first-order chi connectivity index (χ1) is 7.84. The van der Waals surface area contributed by atoms with Crippen molar-refractivity contribution >= 4 is 22.9 Å². The zero-order chi connectivity index (χ0) is 11.2. The Bertz CT molecular complexity index is 308. The molecule has 1 aromatic heterocycles. The molecule has 2 rings (SSSR count). The lowest BCUT2D eigenvalue weighted by Crippen LogP contribution is -2.29. The Morgan fingerprint density at radius 2 is 2.19 bits per heavy atom. The molecule has 2 nitrogen and oxygen atoms in total. The summed E-state index contributed by atoms with van der Waals surface area (Å²) < 4.78 is 0.884. The number of nitrogens with one attached hydrogen (secondary N) is 2. The number of piperidine rings is 1. The van der Waals surface area contributed by atoms with Crippen LogP contribution in [0.3, 0.4) is 0 Å². The lowest BCUT2D eigenvalue weighted by molar-refractivity contribution is 0.348. The first-order valence-corrected chi connectivity index (χ1v) is 7.19. The van der Waals surface area contributed by atoms with E-state index < -0.39 is 0 Å². The molecular weight excluding hydrogens is 240 g/mol. The van der Waals surface area contributed by atoms with Gasteiger partial charge in [-0.15, -0.1) is 11.3 Å². The lowest BCUT2D eigenvalue weighted by Gasteiger charge is -2.22. The van der Waals surface area contributed by atoms with E-state index >= 15 is 0 Å². The summed E-state index contributed by atoms with van der Waals surface area (Å²) in [6, 6.07) is 4.07. The van der Waals surface area contributed by atoms with Gasteiger partial charge in [-0.1, -0.05) is 11.6 Å². The first kappa shape index (κ1) is 12.4. The molecule has 1 saturated heterocycles. The van der Waals surface area contributed by atoms with Crippen LogP contribution in [0, 0.1) is 5.92 Å². The smallest absolute Gasteiger partial charge is 0.0931 e. The van der Waals surface area contributed by atoms with Crippen LogP contribution in [0.1, 0.15) is 24.1 Å². The van der Waals surface area contributed by atoms with Gasteiger partial charge in [-0.3, -0.25) is 0 Å². The Labute approximate surface area is 106 Å². The second kappa shape index (κ2) is 6.60. The van der Waals surface area contributed by atoms with Gasteiger partial charge in [-0.2, -0.15) is 0 Å². The van der Waals surface area contributed by atoms with E-state index in [-0.39, 0.29) is 0 Å². The van der Waals surface area contributed by atoms with Crippen molar-refractivity contribution in [3.8, 4) is 0 Å². The van der Waals surface area contributed by atoms with Crippen molar-refractivity contribution in [2.24, 2.45) is 5.92 Å². The summed E-state index contributed by atoms with van der Waals surface area (Å²) in [5.41, 5.74) is 0. The molecule has 1 aliphatic heterocycles. The molecule has 0 aromatic carbocycles. The van der Waals surface area contributed by atoms with Crippen LogP contribution < -0.4 is 10.6 Å². The highest BCUT2D eigenvalue weighted by Crippen LogP contribution is 2.21. The van der Waals surface area contributed by atoms with Crippen molar-refractivity contribution in [1.82, 2.24) is 10.6 Å². The normalized spacial score (nSPS) is 17.8. The summed E-state index contributed by atoms with van der Waals surface area (Å²) in [6.45, 7) is 4.49. The second-order valence-electron chi connectivity index (χ2n) is 4.36. The molecule has 0 aliphatic carbocycles. The van der Waals surface area contributed by atoms with Gasteiger partial charge < -0.3 is 10.6 Å². The molecule has 2 N–H and O–H groups in total. The highest BCUT2D eigenvalue weighted by atomic mass is 35.5. The van der Waals surface area contributed by atoms with Crippen molar-refractivity contribution in [3.05, 3.63) is 21.3 Å². The van der Waals surface area contributed by atoms with E-state index in [0.29, 0.717) is 0 Å². The molecule has 1 fully saturated rings. The minimum Gasteiger partial charge on any atom is -0.317 e. The van der Waals surface area contributed by atoms with Gasteiger partial charge in [-0.05, 0) is 56.9 Å². The Morgan fingerprint density at radius 1 is 1.38 bits per heavy atom. The first-order valence-electron chi connectivity index (χ1n) is 6.00. The predicted octanol–water partition coefficient (Wildman–Crippen LogP) is 2.88. The largest absolute Gasteiger partial charge is 0.317 e. The number of hydrogen-bond donors (Lipinski definition) is 2. The van der Waals surface area contributed by atoms with E-state index in [4.69, 9.17) is 11.6 Å². The van der Waals surface area contributed by atoms with Gasteiger partial charge in [0.1, 0.15) is 0 Å². The Balaban J connectivity index is 1.57. The Kier molecular flexibility index (Phi) is 5.10. The van der Waals surface area contributed by atoms with Crippen LogP contribution in [0.4, 0.5) is 0 Å². The van der Waals surface area contributed by atoms with Crippen LogP contribution in [0.2, 0.25) is 4.34 Å². The minimum atomic E-state index is 0.884. The standard InChI is InChI=1S/C12H19ClN2S/c13-12-2-1-11(16-12)9-15-8-5-10-3-6-14-7-4-10/h1-2,10,14-15H,3-9H2. The minimum absolute atomic E-state index is 0.884. The van der Waals surface area contributed by atoms with E-state index in [1.54, 1.807) is 11.3 Å². The van der Waals surface area contributed by atoms with E-state index in [2.05, 4.69) is 16.7 Å². The molecule has 90 valence electrons. The van der Waals surface area contributed by atoms with E-state index in [1.165, 1.54) is 37.2 Å². The van der Waals surface area contributed by atoms with Gasteiger partial charge in [0.15, 0.2) is 0 Å². The molecule has 0 radical (unpaired) electrons. The molecule has 1 aromatic rings. The van der Waals surface area contributed by atoms with Crippen LogP contribution in [0.15, 0.2) is 12.1 Å². The second-order valence-corrected chi connectivity index (χ2v) is 6.16.